The summed E-state index contributed by atoms with van der Waals surface area (Å²) in [5.74, 6) is 0. The Labute approximate surface area is 83.2 Å². The summed E-state index contributed by atoms with van der Waals surface area (Å²) < 4.78 is 0. The highest BCUT2D eigenvalue weighted by Gasteiger charge is 2.08. The fourth-order valence-electron chi connectivity index (χ4n) is 1.89. The van der Waals surface area contributed by atoms with E-state index in [-0.39, 0.29) is 0 Å². The number of nitrogens with zero attached hydrogens (tertiary/aromatic N) is 1. The van der Waals surface area contributed by atoms with E-state index in [0.717, 1.165) is 28.5 Å². The van der Waals surface area contributed by atoms with Crippen LogP contribution >= 0.6 is 0 Å². The Morgan fingerprint density at radius 2 is 2.29 bits per heavy atom. The van der Waals surface area contributed by atoms with Crippen molar-refractivity contribution in [3.63, 3.8) is 0 Å². The molecule has 2 nitrogen and oxygen atoms in total. The third-order valence-corrected chi connectivity index (χ3v) is 2.62. The number of hydrogen-bond acceptors (Lipinski definition) is 1. The molecule has 0 aliphatic rings. The first-order valence-electron chi connectivity index (χ1n) is 4.77. The van der Waals surface area contributed by atoms with Crippen molar-refractivity contribution in [1.29, 1.82) is 5.26 Å². The van der Waals surface area contributed by atoms with Gasteiger partial charge >= 0.3 is 0 Å². The summed E-state index contributed by atoms with van der Waals surface area (Å²) in [6.07, 6.45) is 2.79. The summed E-state index contributed by atoms with van der Waals surface area (Å²) >= 11 is 0. The van der Waals surface area contributed by atoms with E-state index in [2.05, 4.69) is 31.0 Å². The Morgan fingerprint density at radius 3 is 2.93 bits per heavy atom. The second-order valence-corrected chi connectivity index (χ2v) is 3.46. The molecule has 0 bridgehead atoms. The highest BCUT2D eigenvalue weighted by Crippen LogP contribution is 2.24. The van der Waals surface area contributed by atoms with Crippen LogP contribution in [0.25, 0.3) is 10.9 Å². The normalized spacial score (nSPS) is 10.4. The molecular weight excluding hydrogens is 172 g/mol. The molecule has 0 saturated carbocycles. The van der Waals surface area contributed by atoms with E-state index in [1.54, 1.807) is 0 Å². The molecular formula is C12H12N2. The molecule has 0 aliphatic heterocycles. The van der Waals surface area contributed by atoms with Crippen LogP contribution in [0, 0.1) is 18.3 Å². The second-order valence-electron chi connectivity index (χ2n) is 3.46. The minimum atomic E-state index is 0.814. The smallest absolute Gasteiger partial charge is 0.100 e. The highest BCUT2D eigenvalue weighted by atomic mass is 14.7. The molecule has 70 valence electrons. The lowest BCUT2D eigenvalue weighted by Crippen LogP contribution is -1.90. The minimum Gasteiger partial charge on any atom is -0.361 e. The number of aryl methyl sites for hydroxylation is 2. The molecule has 0 saturated heterocycles. The molecule has 0 unspecified atom stereocenters. The topological polar surface area (TPSA) is 39.6 Å². The van der Waals surface area contributed by atoms with Crippen molar-refractivity contribution in [3.05, 3.63) is 35.0 Å². The van der Waals surface area contributed by atoms with Crippen molar-refractivity contribution in [1.82, 2.24) is 4.98 Å². The van der Waals surface area contributed by atoms with E-state index in [9.17, 15) is 0 Å². The van der Waals surface area contributed by atoms with E-state index in [0.29, 0.717) is 0 Å². The molecule has 14 heavy (non-hydrogen) atoms. The van der Waals surface area contributed by atoms with E-state index in [1.165, 1.54) is 5.56 Å². The number of H-pyrrole nitrogens is 1. The number of hydrogen-bond donors (Lipinski definition) is 1. The number of fused-ring (bicyclic) bond motifs is 1. The van der Waals surface area contributed by atoms with Crippen LogP contribution in [0.1, 0.15) is 23.6 Å². The lowest BCUT2D eigenvalue weighted by atomic mass is 9.99. The third-order valence-electron chi connectivity index (χ3n) is 2.62. The van der Waals surface area contributed by atoms with Crippen LogP contribution in [0.5, 0.6) is 0 Å². The van der Waals surface area contributed by atoms with Gasteiger partial charge in [0.15, 0.2) is 0 Å². The summed E-state index contributed by atoms with van der Waals surface area (Å²) in [4.78, 5) is 3.16. The predicted octanol–water partition coefficient (Wildman–Crippen LogP) is 2.91. The molecule has 0 amide bonds. The Morgan fingerprint density at radius 1 is 1.50 bits per heavy atom. The molecule has 2 rings (SSSR count). The quantitative estimate of drug-likeness (QED) is 0.727. The van der Waals surface area contributed by atoms with Crippen molar-refractivity contribution in [2.75, 3.05) is 0 Å². The SMILES string of the molecule is CCc1cc(C)c2[nH]ccc2c1C#N. The van der Waals surface area contributed by atoms with E-state index in [1.807, 2.05) is 12.3 Å². The molecule has 0 aliphatic carbocycles. The first kappa shape index (κ1) is 8.83. The maximum absolute atomic E-state index is 9.09. The molecule has 0 fully saturated rings. The van der Waals surface area contributed by atoms with E-state index < -0.39 is 0 Å². The fraction of sp³-hybridized carbons (Fsp3) is 0.250. The molecule has 1 aromatic heterocycles. The maximum Gasteiger partial charge on any atom is 0.100 e. The van der Waals surface area contributed by atoms with Crippen molar-refractivity contribution in [2.45, 2.75) is 20.3 Å². The van der Waals surface area contributed by atoms with Gasteiger partial charge in [0.1, 0.15) is 6.07 Å². The zero-order valence-corrected chi connectivity index (χ0v) is 8.39. The zero-order valence-electron chi connectivity index (χ0n) is 8.39. The monoisotopic (exact) mass is 184 g/mol. The molecule has 1 N–H and O–H groups in total. The van der Waals surface area contributed by atoms with Crippen LogP contribution in [0.4, 0.5) is 0 Å². The largest absolute Gasteiger partial charge is 0.361 e. The fourth-order valence-corrected chi connectivity index (χ4v) is 1.89. The third kappa shape index (κ3) is 1.10. The van der Waals surface area contributed by atoms with Crippen molar-refractivity contribution in [2.24, 2.45) is 0 Å². The molecule has 0 atom stereocenters. The number of aromatic nitrogens is 1. The van der Waals surface area contributed by atoms with E-state index >= 15 is 0 Å². The van der Waals surface area contributed by atoms with E-state index in [4.69, 9.17) is 5.26 Å². The summed E-state index contributed by atoms with van der Waals surface area (Å²) in [6.45, 7) is 4.15. The predicted molar refractivity (Wildman–Crippen MR) is 57.1 cm³/mol. The first-order chi connectivity index (χ1) is 6.77. The first-order valence-corrected chi connectivity index (χ1v) is 4.77. The standard InChI is InChI=1S/C12H12N2/c1-3-9-6-8(2)12-10(4-5-14-12)11(9)7-13/h4-6,14H,3H2,1-2H3. The molecule has 2 heteroatoms. The van der Waals surface area contributed by atoms with Crippen molar-refractivity contribution >= 4 is 10.9 Å². The molecule has 0 radical (unpaired) electrons. The average molecular weight is 184 g/mol. The van der Waals surface area contributed by atoms with Crippen LogP contribution in [-0.2, 0) is 6.42 Å². The van der Waals surface area contributed by atoms with Gasteiger partial charge in [-0.3, -0.25) is 0 Å². The van der Waals surface area contributed by atoms with Gasteiger partial charge in [-0.2, -0.15) is 5.26 Å². The van der Waals surface area contributed by atoms with Gasteiger partial charge in [0.05, 0.1) is 5.56 Å². The number of nitrogens with one attached hydrogen (secondary N) is 1. The summed E-state index contributed by atoms with van der Waals surface area (Å²) in [6, 6.07) is 6.35. The Balaban J connectivity index is 2.91. The molecule has 1 aromatic carbocycles. The Hall–Kier alpha value is -1.75. The molecule has 0 spiro atoms. The average Bonchev–Trinajstić information content (AvgIpc) is 2.66. The molecule has 2 aromatic rings. The maximum atomic E-state index is 9.09. The number of rotatable bonds is 1. The van der Waals surface area contributed by atoms with Crippen LogP contribution in [0.3, 0.4) is 0 Å². The summed E-state index contributed by atoms with van der Waals surface area (Å²) in [5.41, 5.74) is 4.24. The number of nitriles is 1. The Kier molecular flexibility index (Phi) is 2.01. The van der Waals surface area contributed by atoms with Gasteiger partial charge in [-0.05, 0) is 30.5 Å². The van der Waals surface area contributed by atoms with Gasteiger partial charge < -0.3 is 4.98 Å². The van der Waals surface area contributed by atoms with Crippen LogP contribution in [0.2, 0.25) is 0 Å². The van der Waals surface area contributed by atoms with Crippen molar-refractivity contribution in [3.8, 4) is 6.07 Å². The van der Waals surface area contributed by atoms with Gasteiger partial charge in [-0.1, -0.05) is 13.0 Å². The number of benzene rings is 1. The van der Waals surface area contributed by atoms with Gasteiger partial charge in [-0.25, -0.2) is 0 Å². The van der Waals surface area contributed by atoms with Gasteiger partial charge in [0, 0.05) is 17.1 Å². The van der Waals surface area contributed by atoms with Gasteiger partial charge in [0.2, 0.25) is 0 Å². The Bertz CT molecular complexity index is 515. The van der Waals surface area contributed by atoms with Crippen LogP contribution < -0.4 is 0 Å². The lowest BCUT2D eigenvalue weighted by Gasteiger charge is -2.04. The summed E-state index contributed by atoms with van der Waals surface area (Å²) in [7, 11) is 0. The second kappa shape index (κ2) is 3.19. The van der Waals surface area contributed by atoms with Gasteiger partial charge in [-0.15, -0.1) is 0 Å². The minimum absolute atomic E-state index is 0.814. The highest BCUT2D eigenvalue weighted by molar-refractivity contribution is 5.89. The van der Waals surface area contributed by atoms with Crippen molar-refractivity contribution < 1.29 is 0 Å². The zero-order chi connectivity index (χ0) is 10.1. The van der Waals surface area contributed by atoms with Crippen LogP contribution in [0.15, 0.2) is 18.3 Å². The number of aromatic amines is 1. The van der Waals surface area contributed by atoms with Crippen LogP contribution in [-0.4, -0.2) is 4.98 Å². The molecule has 1 heterocycles. The van der Waals surface area contributed by atoms with Gasteiger partial charge in [0.25, 0.3) is 0 Å². The lowest BCUT2D eigenvalue weighted by molar-refractivity contribution is 1.13. The summed E-state index contributed by atoms with van der Waals surface area (Å²) in [5, 5.41) is 10.1.